The minimum atomic E-state index is -1.43. The molecule has 2 N–H and O–H groups in total. The van der Waals surface area contributed by atoms with Gasteiger partial charge < -0.3 is 25.8 Å². The fourth-order valence-electron chi connectivity index (χ4n) is 2.08. The minimum Gasteiger partial charge on any atom is -0.782 e. The van der Waals surface area contributed by atoms with Gasteiger partial charge in [0.1, 0.15) is 0 Å². The molecule has 4 atom stereocenters. The Labute approximate surface area is 86.6 Å². The van der Waals surface area contributed by atoms with E-state index in [4.69, 9.17) is 11.6 Å². The Morgan fingerprint density at radius 2 is 2.00 bits per heavy atom. The van der Waals surface area contributed by atoms with Gasteiger partial charge in [0.05, 0.1) is 0 Å². The maximum absolute atomic E-state index is 11.4. The second kappa shape index (κ2) is 3.90. The molecule has 0 bridgehead atoms. The van der Waals surface area contributed by atoms with Crippen LogP contribution in [0, 0.1) is 10.4 Å². The molecule has 2 rings (SSSR count). The lowest BCUT2D eigenvalue weighted by Gasteiger charge is -2.58. The molecule has 1 heterocycles. The highest BCUT2D eigenvalue weighted by atomic mass is 35.5. The van der Waals surface area contributed by atoms with Crippen LogP contribution < -0.4 is 5.43 Å². The van der Waals surface area contributed by atoms with Crippen LogP contribution in [0.1, 0.15) is 19.3 Å². The zero-order chi connectivity index (χ0) is 10.3. The summed E-state index contributed by atoms with van der Waals surface area (Å²) in [6.45, 7) is 0. The Hall–Kier alpha value is 0.0500. The van der Waals surface area contributed by atoms with Crippen LogP contribution in [0.15, 0.2) is 0 Å². The molecule has 1 saturated carbocycles. The van der Waals surface area contributed by atoms with E-state index in [1.54, 1.807) is 0 Å². The summed E-state index contributed by atoms with van der Waals surface area (Å²) in [4.78, 5) is 0. The van der Waals surface area contributed by atoms with E-state index in [1.165, 1.54) is 0 Å². The standard InChI is InChI=1S/C7H12ClN3O3/c8-4-1-2-5-6(3-4)11(14)9-7(12)10(5)13/h4-7,9,12H,1-3H2/q-2. The van der Waals surface area contributed by atoms with Gasteiger partial charge in [-0.2, -0.15) is 0 Å². The topological polar surface area (TPSA) is 84.9 Å². The van der Waals surface area contributed by atoms with Crippen molar-refractivity contribution < 1.29 is 5.11 Å². The van der Waals surface area contributed by atoms with E-state index >= 15 is 0 Å². The van der Waals surface area contributed by atoms with Gasteiger partial charge in [0, 0.05) is 17.5 Å². The average Bonchev–Trinajstić information content (AvgIpc) is 2.14. The highest BCUT2D eigenvalue weighted by Gasteiger charge is 2.36. The van der Waals surface area contributed by atoms with E-state index < -0.39 is 18.4 Å². The van der Waals surface area contributed by atoms with Crippen LogP contribution in [-0.4, -0.2) is 39.2 Å². The van der Waals surface area contributed by atoms with Gasteiger partial charge in [-0.25, -0.2) is 5.43 Å². The van der Waals surface area contributed by atoms with E-state index in [1.807, 2.05) is 0 Å². The third-order valence-electron chi connectivity index (χ3n) is 2.83. The second-order valence-corrected chi connectivity index (χ2v) is 4.35. The zero-order valence-corrected chi connectivity index (χ0v) is 8.22. The average molecular weight is 222 g/mol. The largest absolute Gasteiger partial charge is 0.782 e. The van der Waals surface area contributed by atoms with Gasteiger partial charge in [0.2, 0.25) is 0 Å². The zero-order valence-electron chi connectivity index (χ0n) is 7.47. The third kappa shape index (κ3) is 1.74. The van der Waals surface area contributed by atoms with Crippen LogP contribution in [0.25, 0.3) is 0 Å². The lowest BCUT2D eigenvalue weighted by molar-refractivity contribution is -0.134. The van der Waals surface area contributed by atoms with Crippen molar-refractivity contribution >= 4 is 11.6 Å². The number of hydrogen-bond acceptors (Lipinski definition) is 6. The van der Waals surface area contributed by atoms with E-state index in [2.05, 4.69) is 5.43 Å². The Morgan fingerprint density at radius 3 is 2.71 bits per heavy atom. The molecule has 4 unspecified atom stereocenters. The van der Waals surface area contributed by atoms with Gasteiger partial charge in [0.15, 0.2) is 6.35 Å². The monoisotopic (exact) mass is 221 g/mol. The first-order valence-electron chi connectivity index (χ1n) is 4.59. The maximum atomic E-state index is 11.4. The van der Waals surface area contributed by atoms with E-state index in [-0.39, 0.29) is 5.38 Å². The van der Waals surface area contributed by atoms with Gasteiger partial charge in [-0.05, 0) is 19.3 Å². The molecule has 0 aromatic rings. The fraction of sp³-hybridized carbons (Fsp3) is 1.00. The van der Waals surface area contributed by atoms with E-state index in [9.17, 15) is 15.5 Å². The van der Waals surface area contributed by atoms with Gasteiger partial charge in [-0.1, -0.05) is 0 Å². The molecule has 0 radical (unpaired) electrons. The normalized spacial score (nSPS) is 46.3. The van der Waals surface area contributed by atoms with E-state index in [0.29, 0.717) is 29.5 Å². The third-order valence-corrected chi connectivity index (χ3v) is 3.23. The van der Waals surface area contributed by atoms with Gasteiger partial charge in [-0.3, -0.25) is 0 Å². The quantitative estimate of drug-likeness (QED) is 0.556. The van der Waals surface area contributed by atoms with Crippen molar-refractivity contribution in [2.45, 2.75) is 43.1 Å². The molecule has 0 aromatic carbocycles. The van der Waals surface area contributed by atoms with Crippen molar-refractivity contribution in [3.05, 3.63) is 10.4 Å². The molecule has 2 fully saturated rings. The molecular weight excluding hydrogens is 210 g/mol. The smallest absolute Gasteiger partial charge is 0.163 e. The number of halogens is 1. The first-order valence-corrected chi connectivity index (χ1v) is 5.03. The molecule has 14 heavy (non-hydrogen) atoms. The molecular formula is C7H12ClN3O3-2. The lowest BCUT2D eigenvalue weighted by Crippen LogP contribution is -2.67. The number of hydroxylamine groups is 3. The molecule has 6 nitrogen and oxygen atoms in total. The van der Waals surface area contributed by atoms with Crippen molar-refractivity contribution in [1.82, 2.24) is 15.7 Å². The minimum absolute atomic E-state index is 0.0573. The first-order chi connectivity index (χ1) is 6.59. The van der Waals surface area contributed by atoms with Crippen LogP contribution >= 0.6 is 11.6 Å². The van der Waals surface area contributed by atoms with Crippen molar-refractivity contribution in [2.24, 2.45) is 0 Å². The molecule has 0 spiro atoms. The number of aliphatic hydroxyl groups is 1. The second-order valence-electron chi connectivity index (χ2n) is 3.73. The van der Waals surface area contributed by atoms with Crippen LogP contribution in [0.2, 0.25) is 0 Å². The highest BCUT2D eigenvalue weighted by molar-refractivity contribution is 6.20. The Balaban J connectivity index is 2.10. The summed E-state index contributed by atoms with van der Waals surface area (Å²) in [6.07, 6.45) is 0.316. The van der Waals surface area contributed by atoms with Gasteiger partial charge in [-0.15, -0.1) is 11.6 Å². The molecule has 1 aliphatic carbocycles. The summed E-state index contributed by atoms with van der Waals surface area (Å²) in [5.41, 5.74) is 2.14. The van der Waals surface area contributed by atoms with Crippen molar-refractivity contribution in [2.75, 3.05) is 0 Å². The van der Waals surface area contributed by atoms with Gasteiger partial charge >= 0.3 is 0 Å². The number of hydrogen-bond donors (Lipinski definition) is 2. The number of alkyl halides is 1. The predicted molar refractivity (Wildman–Crippen MR) is 50.6 cm³/mol. The predicted octanol–water partition coefficient (Wildman–Crippen LogP) is -0.0914. The lowest BCUT2D eigenvalue weighted by atomic mass is 9.89. The van der Waals surface area contributed by atoms with E-state index in [0.717, 1.165) is 0 Å². The number of fused-ring (bicyclic) bond motifs is 1. The molecule has 0 amide bonds. The molecule has 2 aliphatic rings. The first kappa shape index (κ1) is 10.6. The van der Waals surface area contributed by atoms with Gasteiger partial charge in [0.25, 0.3) is 0 Å². The Bertz CT molecular complexity index is 220. The maximum Gasteiger partial charge on any atom is 0.163 e. The summed E-state index contributed by atoms with van der Waals surface area (Å²) in [5, 5.41) is 33.0. The van der Waals surface area contributed by atoms with Crippen molar-refractivity contribution in [1.29, 1.82) is 0 Å². The summed E-state index contributed by atoms with van der Waals surface area (Å²) in [6, 6.07) is -0.897. The number of aliphatic hydroxyl groups excluding tert-OH is 1. The van der Waals surface area contributed by atoms with Crippen LogP contribution in [-0.2, 0) is 0 Å². The molecule has 82 valence electrons. The number of nitrogens with one attached hydrogen (secondary N) is 1. The summed E-state index contributed by atoms with van der Waals surface area (Å²) in [7, 11) is 0. The molecule has 7 heteroatoms. The molecule has 0 aromatic heterocycles. The summed E-state index contributed by atoms with van der Waals surface area (Å²) >= 11 is 5.91. The van der Waals surface area contributed by atoms with Crippen molar-refractivity contribution in [3.63, 3.8) is 0 Å². The SMILES string of the molecule is [O-]N1NC(O)N([O-])C2CCC(Cl)CC21. The number of hydrazine groups is 1. The Morgan fingerprint density at radius 1 is 1.29 bits per heavy atom. The van der Waals surface area contributed by atoms with Crippen LogP contribution in [0.5, 0.6) is 0 Å². The number of rotatable bonds is 0. The number of nitrogens with zero attached hydrogens (tertiary/aromatic N) is 2. The van der Waals surface area contributed by atoms with Crippen LogP contribution in [0.3, 0.4) is 0 Å². The highest BCUT2D eigenvalue weighted by Crippen LogP contribution is 2.31. The van der Waals surface area contributed by atoms with Crippen molar-refractivity contribution in [3.8, 4) is 0 Å². The molecule has 1 aliphatic heterocycles. The molecule has 1 saturated heterocycles. The fourth-order valence-corrected chi connectivity index (χ4v) is 2.39. The van der Waals surface area contributed by atoms with Crippen LogP contribution in [0.4, 0.5) is 0 Å². The summed E-state index contributed by atoms with van der Waals surface area (Å²) < 4.78 is 0. The Kier molecular flexibility index (Phi) is 2.94. The summed E-state index contributed by atoms with van der Waals surface area (Å²) in [5.74, 6) is 0.